The number of hydrogen-bond acceptors (Lipinski definition) is 5. The Morgan fingerprint density at radius 1 is 1.10 bits per heavy atom. The number of amides is 3. The minimum atomic E-state index is -0.451. The molecule has 0 saturated carbocycles. The molecule has 0 unspecified atom stereocenters. The van der Waals surface area contributed by atoms with E-state index in [9.17, 15) is 14.4 Å². The largest absolute Gasteiger partial charge is 0.356 e. The second-order valence-corrected chi connectivity index (χ2v) is 7.71. The molecule has 0 spiro atoms. The molecule has 0 bridgehead atoms. The topological polar surface area (TPSA) is 104 Å². The molecule has 2 heterocycles. The van der Waals surface area contributed by atoms with Crippen LogP contribution in [0.2, 0.25) is 0 Å². The lowest BCUT2D eigenvalue weighted by Crippen LogP contribution is -2.44. The molecule has 164 valence electrons. The van der Waals surface area contributed by atoms with Gasteiger partial charge in [-0.25, -0.2) is 4.98 Å². The number of hydrogen-bond donors (Lipinski definition) is 2. The fraction of sp³-hybridized carbons (Fsp3) is 0.435. The van der Waals surface area contributed by atoms with Crippen LogP contribution >= 0.6 is 0 Å². The lowest BCUT2D eigenvalue weighted by Gasteiger charge is -2.32. The van der Waals surface area contributed by atoms with E-state index in [0.717, 1.165) is 31.2 Å². The summed E-state index contributed by atoms with van der Waals surface area (Å²) in [6.07, 6.45) is 6.85. The van der Waals surface area contributed by atoms with Crippen molar-refractivity contribution in [3.63, 3.8) is 0 Å². The van der Waals surface area contributed by atoms with Crippen molar-refractivity contribution in [1.29, 1.82) is 0 Å². The Balaban J connectivity index is 1.76. The molecule has 2 N–H and O–H groups in total. The number of nitrogens with one attached hydrogen (secondary N) is 2. The number of benzene rings is 1. The predicted molar refractivity (Wildman–Crippen MR) is 116 cm³/mol. The van der Waals surface area contributed by atoms with Gasteiger partial charge in [-0.15, -0.1) is 0 Å². The molecule has 1 aliphatic rings. The van der Waals surface area contributed by atoms with Crippen molar-refractivity contribution in [3.8, 4) is 0 Å². The summed E-state index contributed by atoms with van der Waals surface area (Å²) in [5, 5.41) is 5.60. The molecule has 3 rings (SSSR count). The van der Waals surface area contributed by atoms with Crippen molar-refractivity contribution < 1.29 is 14.4 Å². The Kier molecular flexibility index (Phi) is 8.09. The highest BCUT2D eigenvalue weighted by molar-refractivity contribution is 5.94. The van der Waals surface area contributed by atoms with Crippen molar-refractivity contribution in [3.05, 3.63) is 59.7 Å². The molecule has 0 radical (unpaired) electrons. The van der Waals surface area contributed by atoms with Gasteiger partial charge in [-0.3, -0.25) is 19.4 Å². The molecule has 1 aromatic heterocycles. The van der Waals surface area contributed by atoms with Gasteiger partial charge in [0.15, 0.2) is 0 Å². The molecule has 3 amide bonds. The zero-order chi connectivity index (χ0) is 22.1. The second-order valence-electron chi connectivity index (χ2n) is 7.71. The van der Waals surface area contributed by atoms with Crippen molar-refractivity contribution in [2.45, 2.75) is 45.1 Å². The van der Waals surface area contributed by atoms with Crippen LogP contribution in [0.5, 0.6) is 0 Å². The van der Waals surface area contributed by atoms with Gasteiger partial charge in [0, 0.05) is 19.3 Å². The van der Waals surface area contributed by atoms with Gasteiger partial charge in [0.25, 0.3) is 5.91 Å². The molecule has 1 saturated heterocycles. The highest BCUT2D eigenvalue weighted by atomic mass is 16.2. The SMILES string of the molecule is Cc1cnc(C(=O)NCC(=O)N2CCCCCCNC(=O)C[C@H]2c2ccccc2)cn1. The smallest absolute Gasteiger partial charge is 0.271 e. The zero-order valence-electron chi connectivity index (χ0n) is 17.8. The number of carbonyl (C=O) groups excluding carboxylic acids is 3. The first kappa shape index (κ1) is 22.4. The van der Waals surface area contributed by atoms with Gasteiger partial charge in [0.1, 0.15) is 5.69 Å². The van der Waals surface area contributed by atoms with Crippen LogP contribution < -0.4 is 10.6 Å². The zero-order valence-corrected chi connectivity index (χ0v) is 17.8. The summed E-state index contributed by atoms with van der Waals surface area (Å²) >= 11 is 0. The van der Waals surface area contributed by atoms with E-state index < -0.39 is 5.91 Å². The van der Waals surface area contributed by atoms with Crippen LogP contribution in [0.4, 0.5) is 0 Å². The molecule has 2 aromatic rings. The van der Waals surface area contributed by atoms with Gasteiger partial charge in [0.05, 0.1) is 30.9 Å². The molecular formula is C23H29N5O3. The quantitative estimate of drug-likeness (QED) is 0.784. The van der Waals surface area contributed by atoms with E-state index in [2.05, 4.69) is 20.6 Å². The number of carbonyl (C=O) groups is 3. The molecular weight excluding hydrogens is 394 g/mol. The Labute approximate surface area is 182 Å². The maximum atomic E-state index is 13.2. The normalized spacial score (nSPS) is 17.9. The Morgan fingerprint density at radius 3 is 2.61 bits per heavy atom. The lowest BCUT2D eigenvalue weighted by molar-refractivity contribution is -0.134. The summed E-state index contributed by atoms with van der Waals surface area (Å²) in [6, 6.07) is 9.18. The summed E-state index contributed by atoms with van der Waals surface area (Å²) in [5.41, 5.74) is 1.77. The molecule has 1 aromatic carbocycles. The predicted octanol–water partition coefficient (Wildman–Crippen LogP) is 2.17. The summed E-state index contributed by atoms with van der Waals surface area (Å²) in [5.74, 6) is -0.755. The minimum Gasteiger partial charge on any atom is -0.356 e. The molecule has 1 atom stereocenters. The van der Waals surface area contributed by atoms with E-state index in [1.54, 1.807) is 11.8 Å². The molecule has 8 heteroatoms. The third-order valence-corrected chi connectivity index (χ3v) is 5.32. The van der Waals surface area contributed by atoms with Crippen molar-refractivity contribution in [2.75, 3.05) is 19.6 Å². The Bertz CT molecular complexity index is 886. The average molecular weight is 424 g/mol. The van der Waals surface area contributed by atoms with E-state index in [1.807, 2.05) is 30.3 Å². The van der Waals surface area contributed by atoms with E-state index in [-0.39, 0.29) is 36.5 Å². The first-order valence-corrected chi connectivity index (χ1v) is 10.7. The number of aryl methyl sites for hydroxylation is 1. The van der Waals surface area contributed by atoms with Gasteiger partial charge in [-0.2, -0.15) is 0 Å². The maximum Gasteiger partial charge on any atom is 0.271 e. The van der Waals surface area contributed by atoms with Gasteiger partial charge in [0.2, 0.25) is 11.8 Å². The first-order chi connectivity index (χ1) is 15.0. The van der Waals surface area contributed by atoms with E-state index in [1.165, 1.54) is 12.4 Å². The summed E-state index contributed by atoms with van der Waals surface area (Å²) in [7, 11) is 0. The van der Waals surface area contributed by atoms with Crippen LogP contribution in [0.1, 0.15) is 59.9 Å². The number of nitrogens with zero attached hydrogens (tertiary/aromatic N) is 3. The van der Waals surface area contributed by atoms with Crippen LogP contribution in [0.15, 0.2) is 42.7 Å². The first-order valence-electron chi connectivity index (χ1n) is 10.7. The highest BCUT2D eigenvalue weighted by Gasteiger charge is 2.27. The molecule has 1 fully saturated rings. The van der Waals surface area contributed by atoms with Crippen molar-refractivity contribution in [2.24, 2.45) is 0 Å². The monoisotopic (exact) mass is 423 g/mol. The fourth-order valence-corrected chi connectivity index (χ4v) is 3.63. The molecule has 8 nitrogen and oxygen atoms in total. The summed E-state index contributed by atoms with van der Waals surface area (Å²) < 4.78 is 0. The Hall–Kier alpha value is -3.29. The van der Waals surface area contributed by atoms with E-state index in [4.69, 9.17) is 0 Å². The third-order valence-electron chi connectivity index (χ3n) is 5.32. The van der Waals surface area contributed by atoms with Crippen LogP contribution in [0.25, 0.3) is 0 Å². The Morgan fingerprint density at radius 2 is 1.87 bits per heavy atom. The minimum absolute atomic E-state index is 0.0764. The van der Waals surface area contributed by atoms with Gasteiger partial charge in [-0.05, 0) is 25.3 Å². The van der Waals surface area contributed by atoms with Crippen molar-refractivity contribution in [1.82, 2.24) is 25.5 Å². The van der Waals surface area contributed by atoms with Gasteiger partial charge in [-0.1, -0.05) is 43.2 Å². The lowest BCUT2D eigenvalue weighted by atomic mass is 10.0. The second kappa shape index (κ2) is 11.2. The maximum absolute atomic E-state index is 13.2. The van der Waals surface area contributed by atoms with Gasteiger partial charge < -0.3 is 15.5 Å². The summed E-state index contributed by atoms with van der Waals surface area (Å²) in [6.45, 7) is 2.81. The molecule has 0 aliphatic carbocycles. The van der Waals surface area contributed by atoms with Crippen molar-refractivity contribution >= 4 is 17.7 Å². The third kappa shape index (κ3) is 6.60. The van der Waals surface area contributed by atoms with Crippen LogP contribution in [-0.2, 0) is 9.59 Å². The summed E-state index contributed by atoms with van der Waals surface area (Å²) in [4.78, 5) is 47.9. The van der Waals surface area contributed by atoms with Gasteiger partial charge >= 0.3 is 0 Å². The standard InChI is InChI=1S/C23H29N5O3/c1-17-14-26-19(15-25-17)23(31)27-16-22(30)28-12-8-3-2-7-11-24-21(29)13-20(28)18-9-5-4-6-10-18/h4-6,9-10,14-15,20H,2-3,7-8,11-13,16H2,1H3,(H,24,29)(H,27,31)/t20-/m0/s1. The van der Waals surface area contributed by atoms with E-state index in [0.29, 0.717) is 18.8 Å². The average Bonchev–Trinajstić information content (AvgIpc) is 2.83. The van der Waals surface area contributed by atoms with E-state index >= 15 is 0 Å². The van der Waals surface area contributed by atoms with Crippen LogP contribution in [-0.4, -0.2) is 52.2 Å². The molecule has 31 heavy (non-hydrogen) atoms. The number of aromatic nitrogens is 2. The number of rotatable bonds is 4. The fourth-order valence-electron chi connectivity index (χ4n) is 3.63. The van der Waals surface area contributed by atoms with Crippen LogP contribution in [0.3, 0.4) is 0 Å². The molecule has 1 aliphatic heterocycles. The van der Waals surface area contributed by atoms with Crippen LogP contribution in [0, 0.1) is 6.92 Å². The highest BCUT2D eigenvalue weighted by Crippen LogP contribution is 2.25.